The molecule has 1 N–H and O–H groups in total. The van der Waals surface area contributed by atoms with Gasteiger partial charge in [0.05, 0.1) is 28.4 Å². The number of nitrogens with zero attached hydrogens (tertiary/aromatic N) is 2. The summed E-state index contributed by atoms with van der Waals surface area (Å²) in [6, 6.07) is 3.48. The van der Waals surface area contributed by atoms with Crippen LogP contribution in [0.1, 0.15) is 16.0 Å². The van der Waals surface area contributed by atoms with Gasteiger partial charge >= 0.3 is 6.18 Å². The van der Waals surface area contributed by atoms with Crippen LogP contribution in [0.25, 0.3) is 11.3 Å². The maximum Gasteiger partial charge on any atom is 0.420 e. The van der Waals surface area contributed by atoms with Crippen LogP contribution in [0, 0.1) is 18.3 Å². The van der Waals surface area contributed by atoms with Crippen molar-refractivity contribution in [3.63, 3.8) is 0 Å². The Kier molecular flexibility index (Phi) is 3.20. The standard InChI is InChI=1S/C12H7F3N2OS/c1-6-10(17-5-19-6)8-2-7(4-16)3-9(11(8)18)12(13,14)15/h2-3,5,18H,1H3. The van der Waals surface area contributed by atoms with E-state index in [4.69, 9.17) is 5.26 Å². The van der Waals surface area contributed by atoms with Crippen molar-refractivity contribution in [3.05, 3.63) is 33.6 Å². The zero-order valence-corrected chi connectivity index (χ0v) is 10.4. The van der Waals surface area contributed by atoms with Crippen LogP contribution in [0.4, 0.5) is 13.2 Å². The summed E-state index contributed by atoms with van der Waals surface area (Å²) in [5, 5.41) is 18.6. The van der Waals surface area contributed by atoms with Crippen molar-refractivity contribution in [2.24, 2.45) is 0 Å². The van der Waals surface area contributed by atoms with Gasteiger partial charge in [-0.05, 0) is 19.1 Å². The second-order valence-electron chi connectivity index (χ2n) is 3.79. The molecule has 1 aromatic carbocycles. The topological polar surface area (TPSA) is 56.9 Å². The third-order valence-corrected chi connectivity index (χ3v) is 3.30. The number of thiazole rings is 1. The highest BCUT2D eigenvalue weighted by molar-refractivity contribution is 7.10. The average Bonchev–Trinajstić information content (AvgIpc) is 2.74. The maximum atomic E-state index is 12.8. The van der Waals surface area contributed by atoms with Gasteiger partial charge in [-0.15, -0.1) is 11.3 Å². The molecule has 0 unspecified atom stereocenters. The van der Waals surface area contributed by atoms with Crippen molar-refractivity contribution in [1.82, 2.24) is 4.98 Å². The summed E-state index contributed by atoms with van der Waals surface area (Å²) < 4.78 is 38.4. The van der Waals surface area contributed by atoms with Crippen LogP contribution in [0.15, 0.2) is 17.6 Å². The number of hydrogen-bond acceptors (Lipinski definition) is 4. The number of halogens is 3. The van der Waals surface area contributed by atoms with Gasteiger partial charge < -0.3 is 5.11 Å². The molecule has 1 heterocycles. The Hall–Kier alpha value is -2.07. The smallest absolute Gasteiger partial charge is 0.420 e. The summed E-state index contributed by atoms with van der Waals surface area (Å²) in [5.74, 6) is -0.902. The molecular weight excluding hydrogens is 277 g/mol. The molecule has 3 nitrogen and oxygen atoms in total. The number of hydrogen-bond donors (Lipinski definition) is 1. The van der Waals surface area contributed by atoms with Gasteiger partial charge in [0.15, 0.2) is 0 Å². The van der Waals surface area contributed by atoms with Gasteiger partial charge in [-0.2, -0.15) is 18.4 Å². The van der Waals surface area contributed by atoms with Crippen LogP contribution in [0.5, 0.6) is 5.75 Å². The van der Waals surface area contributed by atoms with Crippen molar-refractivity contribution in [2.75, 3.05) is 0 Å². The second-order valence-corrected chi connectivity index (χ2v) is 4.85. The fraction of sp³-hybridized carbons (Fsp3) is 0.167. The number of aryl methyl sites for hydroxylation is 1. The molecule has 0 bridgehead atoms. The van der Waals surface area contributed by atoms with Crippen LogP contribution in [-0.4, -0.2) is 10.1 Å². The number of nitriles is 1. The van der Waals surface area contributed by atoms with Crippen molar-refractivity contribution < 1.29 is 18.3 Å². The molecule has 0 spiro atoms. The third-order valence-electron chi connectivity index (χ3n) is 2.54. The number of phenols is 1. The Labute approximate surface area is 110 Å². The van der Waals surface area contributed by atoms with Gasteiger partial charge in [-0.3, -0.25) is 0 Å². The van der Waals surface area contributed by atoms with Gasteiger partial charge in [0.1, 0.15) is 5.75 Å². The van der Waals surface area contributed by atoms with E-state index in [-0.39, 0.29) is 16.8 Å². The molecule has 0 fully saturated rings. The molecule has 7 heteroatoms. The molecule has 0 aliphatic heterocycles. The Morgan fingerprint density at radius 2 is 2.05 bits per heavy atom. The molecule has 98 valence electrons. The molecule has 19 heavy (non-hydrogen) atoms. The summed E-state index contributed by atoms with van der Waals surface area (Å²) in [7, 11) is 0. The highest BCUT2D eigenvalue weighted by Gasteiger charge is 2.36. The molecule has 0 saturated carbocycles. The second kappa shape index (κ2) is 4.55. The Morgan fingerprint density at radius 3 is 2.53 bits per heavy atom. The minimum atomic E-state index is -4.73. The number of aromatic hydroxyl groups is 1. The molecule has 2 rings (SSSR count). The van der Waals surface area contributed by atoms with E-state index >= 15 is 0 Å². The Balaban J connectivity index is 2.76. The quantitative estimate of drug-likeness (QED) is 0.868. The monoisotopic (exact) mass is 284 g/mol. The first kappa shape index (κ1) is 13.4. The molecule has 0 atom stereocenters. The lowest BCUT2D eigenvalue weighted by Gasteiger charge is -2.12. The first-order valence-electron chi connectivity index (χ1n) is 5.09. The van der Waals surface area contributed by atoms with Gasteiger partial charge in [0.2, 0.25) is 0 Å². The zero-order chi connectivity index (χ0) is 14.2. The van der Waals surface area contributed by atoms with E-state index in [1.807, 2.05) is 0 Å². The molecule has 0 aliphatic rings. The van der Waals surface area contributed by atoms with E-state index in [1.165, 1.54) is 22.9 Å². The van der Waals surface area contributed by atoms with Crippen LogP contribution >= 0.6 is 11.3 Å². The number of aromatic nitrogens is 1. The molecule has 0 amide bonds. The van der Waals surface area contributed by atoms with E-state index < -0.39 is 17.5 Å². The summed E-state index contributed by atoms with van der Waals surface area (Å²) in [6.45, 7) is 1.68. The molecule has 0 saturated heterocycles. The minimum Gasteiger partial charge on any atom is -0.507 e. The summed E-state index contributed by atoms with van der Waals surface area (Å²) in [5.41, 5.74) is 0.243. The molecule has 0 aliphatic carbocycles. The number of phenolic OH excluding ortho intramolecular Hbond substituents is 1. The van der Waals surface area contributed by atoms with Gasteiger partial charge in [-0.25, -0.2) is 4.98 Å². The summed E-state index contributed by atoms with van der Waals surface area (Å²) >= 11 is 1.25. The Bertz CT molecular complexity index is 671. The minimum absolute atomic E-state index is 0.0786. The zero-order valence-electron chi connectivity index (χ0n) is 9.62. The van der Waals surface area contributed by atoms with Crippen molar-refractivity contribution in [1.29, 1.82) is 5.26 Å². The highest BCUT2D eigenvalue weighted by atomic mass is 32.1. The van der Waals surface area contributed by atoms with Crippen LogP contribution < -0.4 is 0 Å². The number of benzene rings is 1. The van der Waals surface area contributed by atoms with Crippen LogP contribution in [-0.2, 0) is 6.18 Å². The van der Waals surface area contributed by atoms with Crippen molar-refractivity contribution in [3.8, 4) is 23.1 Å². The molecule has 1 aromatic heterocycles. The fourth-order valence-corrected chi connectivity index (χ4v) is 2.25. The fourth-order valence-electron chi connectivity index (χ4n) is 1.66. The number of alkyl halides is 3. The van der Waals surface area contributed by atoms with E-state index in [9.17, 15) is 18.3 Å². The van der Waals surface area contributed by atoms with Crippen molar-refractivity contribution >= 4 is 11.3 Å². The predicted molar refractivity (Wildman–Crippen MR) is 63.7 cm³/mol. The lowest BCUT2D eigenvalue weighted by molar-refractivity contribution is -0.138. The van der Waals surface area contributed by atoms with Crippen LogP contribution in [0.3, 0.4) is 0 Å². The maximum absolute atomic E-state index is 12.8. The van der Waals surface area contributed by atoms with Gasteiger partial charge in [0, 0.05) is 10.4 Å². The van der Waals surface area contributed by atoms with E-state index in [0.29, 0.717) is 10.9 Å². The molecular formula is C12H7F3N2OS. The predicted octanol–water partition coefficient (Wildman–Crippen LogP) is 3.71. The molecule has 2 aromatic rings. The summed E-state index contributed by atoms with van der Waals surface area (Å²) in [6.07, 6.45) is -4.73. The lowest BCUT2D eigenvalue weighted by Crippen LogP contribution is -2.06. The first-order chi connectivity index (χ1) is 8.84. The van der Waals surface area contributed by atoms with E-state index in [1.54, 1.807) is 13.0 Å². The lowest BCUT2D eigenvalue weighted by atomic mass is 10.0. The number of rotatable bonds is 1. The van der Waals surface area contributed by atoms with Gasteiger partial charge in [-0.1, -0.05) is 0 Å². The Morgan fingerprint density at radius 1 is 1.37 bits per heavy atom. The molecule has 0 radical (unpaired) electrons. The van der Waals surface area contributed by atoms with Crippen molar-refractivity contribution in [2.45, 2.75) is 13.1 Å². The van der Waals surface area contributed by atoms with E-state index in [2.05, 4.69) is 4.98 Å². The highest BCUT2D eigenvalue weighted by Crippen LogP contribution is 2.42. The average molecular weight is 284 g/mol. The van der Waals surface area contributed by atoms with Gasteiger partial charge in [0.25, 0.3) is 0 Å². The SMILES string of the molecule is Cc1scnc1-c1cc(C#N)cc(C(F)(F)F)c1O. The summed E-state index contributed by atoms with van der Waals surface area (Å²) in [4.78, 5) is 4.59. The third kappa shape index (κ3) is 2.39. The first-order valence-corrected chi connectivity index (χ1v) is 5.97. The largest absolute Gasteiger partial charge is 0.507 e. The van der Waals surface area contributed by atoms with E-state index in [0.717, 1.165) is 0 Å². The normalized spacial score (nSPS) is 11.3. The van der Waals surface area contributed by atoms with Crippen LogP contribution in [0.2, 0.25) is 0 Å².